The van der Waals surface area contributed by atoms with Crippen LogP contribution >= 0.6 is 0 Å². The Bertz CT molecular complexity index is 1340. The zero-order valence-electron chi connectivity index (χ0n) is 19.3. The van der Waals surface area contributed by atoms with E-state index >= 15 is 0 Å². The minimum atomic E-state index is -0.255. The van der Waals surface area contributed by atoms with Gasteiger partial charge in [0.15, 0.2) is 0 Å². The van der Waals surface area contributed by atoms with Gasteiger partial charge in [0.2, 0.25) is 0 Å². The average molecular weight is 475 g/mol. The van der Waals surface area contributed by atoms with E-state index in [1.54, 1.807) is 12.1 Å². The average Bonchev–Trinajstić information content (AvgIpc) is 3.52. The summed E-state index contributed by atoms with van der Waals surface area (Å²) in [6.45, 7) is 3.48. The van der Waals surface area contributed by atoms with Gasteiger partial charge in [-0.3, -0.25) is 9.69 Å². The van der Waals surface area contributed by atoms with Gasteiger partial charge in [0, 0.05) is 48.3 Å². The maximum Gasteiger partial charge on any atom is 0.251 e. The van der Waals surface area contributed by atoms with E-state index in [2.05, 4.69) is 25.5 Å². The molecule has 4 heterocycles. The molecule has 180 valence electrons. The molecule has 0 spiro atoms. The van der Waals surface area contributed by atoms with Crippen LogP contribution in [0, 0.1) is 5.82 Å². The molecular weight excluding hydrogens is 447 g/mol. The summed E-state index contributed by atoms with van der Waals surface area (Å²) >= 11 is 0. The van der Waals surface area contributed by atoms with Crippen molar-refractivity contribution in [3.63, 3.8) is 0 Å². The first-order valence-electron chi connectivity index (χ1n) is 12.0. The van der Waals surface area contributed by atoms with Gasteiger partial charge in [-0.15, -0.1) is 5.10 Å². The summed E-state index contributed by atoms with van der Waals surface area (Å²) < 4.78 is 21.2. The molecule has 2 N–H and O–H groups in total. The number of nitrogens with one attached hydrogen (secondary N) is 2. The van der Waals surface area contributed by atoms with Crippen LogP contribution < -0.4 is 5.32 Å². The fraction of sp³-hybridized carbons (Fsp3) is 0.346. The lowest BCUT2D eigenvalue weighted by molar-refractivity contribution is -0.00220. The van der Waals surface area contributed by atoms with Gasteiger partial charge in [-0.2, -0.15) is 0 Å². The SMILES string of the molecule is O=C(NC1CCN(Cc2nnn3c2CO[C@H](c2ccc(F)cc2)C3)CC1)c1ccc2[nH]ccc2c1. The number of amides is 1. The van der Waals surface area contributed by atoms with Gasteiger partial charge in [0.05, 0.1) is 18.8 Å². The molecule has 6 rings (SSSR count). The first-order chi connectivity index (χ1) is 17.1. The smallest absolute Gasteiger partial charge is 0.251 e. The van der Waals surface area contributed by atoms with Crippen molar-refractivity contribution in [3.8, 4) is 0 Å². The zero-order valence-corrected chi connectivity index (χ0v) is 19.3. The minimum absolute atomic E-state index is 0.0215. The lowest BCUT2D eigenvalue weighted by Crippen LogP contribution is -2.44. The van der Waals surface area contributed by atoms with Crippen molar-refractivity contribution in [2.45, 2.75) is 44.7 Å². The van der Waals surface area contributed by atoms with Crippen molar-refractivity contribution >= 4 is 16.8 Å². The molecule has 1 atom stereocenters. The maximum atomic E-state index is 13.2. The van der Waals surface area contributed by atoms with Gasteiger partial charge < -0.3 is 15.0 Å². The Morgan fingerprint density at radius 2 is 1.97 bits per heavy atom. The molecule has 2 aliphatic heterocycles. The van der Waals surface area contributed by atoms with Gasteiger partial charge in [0.1, 0.15) is 17.6 Å². The number of piperidine rings is 1. The lowest BCUT2D eigenvalue weighted by Gasteiger charge is -2.32. The van der Waals surface area contributed by atoms with Crippen molar-refractivity contribution in [1.29, 1.82) is 0 Å². The number of H-pyrrole nitrogens is 1. The number of rotatable bonds is 5. The Kier molecular flexibility index (Phi) is 5.79. The highest BCUT2D eigenvalue weighted by atomic mass is 19.1. The second-order valence-electron chi connectivity index (χ2n) is 9.32. The molecule has 8 nitrogen and oxygen atoms in total. The second-order valence-corrected chi connectivity index (χ2v) is 9.32. The van der Waals surface area contributed by atoms with Gasteiger partial charge in [-0.1, -0.05) is 17.3 Å². The van der Waals surface area contributed by atoms with Crippen molar-refractivity contribution in [2.75, 3.05) is 13.1 Å². The molecule has 2 aromatic carbocycles. The molecule has 2 aliphatic rings. The largest absolute Gasteiger partial charge is 0.365 e. The number of halogens is 1. The van der Waals surface area contributed by atoms with Gasteiger partial charge >= 0.3 is 0 Å². The standard InChI is InChI=1S/C26H27FN6O2/c27-20-4-1-17(2-5-20)25-15-33-24(16-35-25)23(30-31-33)14-32-11-8-21(9-12-32)29-26(34)19-3-6-22-18(13-19)7-10-28-22/h1-7,10,13,21,25,28H,8-9,11-12,14-16H2,(H,29,34)/t25-/m0/s1. The quantitative estimate of drug-likeness (QED) is 0.462. The highest BCUT2D eigenvalue weighted by Gasteiger charge is 2.27. The number of benzene rings is 2. The normalized spacial score (nSPS) is 19.1. The van der Waals surface area contributed by atoms with Crippen LogP contribution in [-0.4, -0.2) is 49.9 Å². The minimum Gasteiger partial charge on any atom is -0.365 e. The fourth-order valence-corrected chi connectivity index (χ4v) is 4.97. The Morgan fingerprint density at radius 1 is 1.14 bits per heavy atom. The summed E-state index contributed by atoms with van der Waals surface area (Å²) in [6, 6.07) is 14.3. The van der Waals surface area contributed by atoms with Crippen LogP contribution in [0.25, 0.3) is 10.9 Å². The Morgan fingerprint density at radius 3 is 2.80 bits per heavy atom. The number of aromatic nitrogens is 4. The van der Waals surface area contributed by atoms with Crippen molar-refractivity contribution in [3.05, 3.63) is 83.1 Å². The van der Waals surface area contributed by atoms with Gasteiger partial charge in [-0.25, -0.2) is 9.07 Å². The molecule has 1 saturated heterocycles. The Balaban J connectivity index is 1.02. The molecule has 9 heteroatoms. The highest BCUT2D eigenvalue weighted by molar-refractivity contribution is 5.98. The van der Waals surface area contributed by atoms with E-state index in [1.165, 1.54) is 12.1 Å². The summed E-state index contributed by atoms with van der Waals surface area (Å²) in [5, 5.41) is 13.0. The van der Waals surface area contributed by atoms with E-state index in [1.807, 2.05) is 35.1 Å². The molecule has 0 unspecified atom stereocenters. The van der Waals surface area contributed by atoms with Crippen LogP contribution in [0.15, 0.2) is 54.7 Å². The monoisotopic (exact) mass is 474 g/mol. The van der Waals surface area contributed by atoms with Crippen molar-refractivity contribution < 1.29 is 13.9 Å². The molecule has 0 saturated carbocycles. The molecule has 0 radical (unpaired) electrons. The van der Waals surface area contributed by atoms with Crippen LogP contribution in [0.5, 0.6) is 0 Å². The Hall–Kier alpha value is -3.56. The molecule has 35 heavy (non-hydrogen) atoms. The number of nitrogens with zero attached hydrogens (tertiary/aromatic N) is 4. The van der Waals surface area contributed by atoms with E-state index in [-0.39, 0.29) is 23.9 Å². The summed E-state index contributed by atoms with van der Waals surface area (Å²) in [7, 11) is 0. The van der Waals surface area contributed by atoms with Gasteiger partial charge in [0.25, 0.3) is 5.91 Å². The summed E-state index contributed by atoms with van der Waals surface area (Å²) in [5.41, 5.74) is 4.59. The van der Waals surface area contributed by atoms with E-state index in [0.717, 1.165) is 53.8 Å². The molecule has 1 fully saturated rings. The van der Waals surface area contributed by atoms with Crippen LogP contribution in [0.2, 0.25) is 0 Å². The summed E-state index contributed by atoms with van der Waals surface area (Å²) in [6.07, 6.45) is 3.51. The van der Waals surface area contributed by atoms with Crippen molar-refractivity contribution in [2.24, 2.45) is 0 Å². The van der Waals surface area contributed by atoms with E-state index in [0.29, 0.717) is 25.3 Å². The van der Waals surface area contributed by atoms with Crippen LogP contribution in [-0.2, 0) is 24.4 Å². The van der Waals surface area contributed by atoms with Crippen LogP contribution in [0.3, 0.4) is 0 Å². The van der Waals surface area contributed by atoms with Crippen LogP contribution in [0.1, 0.15) is 46.3 Å². The first kappa shape index (κ1) is 21.9. The van der Waals surface area contributed by atoms with Gasteiger partial charge in [-0.05, 0) is 54.8 Å². The third kappa shape index (κ3) is 4.56. The number of hydrogen-bond acceptors (Lipinski definition) is 5. The number of carbonyl (C=O) groups is 1. The molecule has 1 amide bonds. The number of hydrogen-bond donors (Lipinski definition) is 2. The number of carbonyl (C=O) groups excluding carboxylic acids is 1. The second kappa shape index (κ2) is 9.24. The molecule has 2 aromatic heterocycles. The summed E-state index contributed by atoms with van der Waals surface area (Å²) in [5.74, 6) is -0.276. The fourth-order valence-electron chi connectivity index (χ4n) is 4.97. The highest BCUT2D eigenvalue weighted by Crippen LogP contribution is 2.28. The van der Waals surface area contributed by atoms with Crippen molar-refractivity contribution in [1.82, 2.24) is 30.2 Å². The lowest BCUT2D eigenvalue weighted by atomic mass is 10.0. The third-order valence-electron chi connectivity index (χ3n) is 7.03. The topological polar surface area (TPSA) is 88.1 Å². The number of fused-ring (bicyclic) bond motifs is 2. The predicted molar refractivity (Wildman–Crippen MR) is 128 cm³/mol. The number of ether oxygens (including phenoxy) is 1. The third-order valence-corrected chi connectivity index (χ3v) is 7.03. The zero-order chi connectivity index (χ0) is 23.8. The summed E-state index contributed by atoms with van der Waals surface area (Å²) in [4.78, 5) is 18.2. The van der Waals surface area contributed by atoms with E-state index in [4.69, 9.17) is 4.74 Å². The number of likely N-dealkylation sites (tertiary alicyclic amines) is 1. The number of aromatic amines is 1. The van der Waals surface area contributed by atoms with E-state index < -0.39 is 0 Å². The van der Waals surface area contributed by atoms with E-state index in [9.17, 15) is 9.18 Å². The molecular formula is C26H27FN6O2. The maximum absolute atomic E-state index is 13.2. The first-order valence-corrected chi connectivity index (χ1v) is 12.0. The molecule has 0 bridgehead atoms. The molecule has 4 aromatic rings. The Labute approximate surface area is 202 Å². The molecule has 0 aliphatic carbocycles. The predicted octanol–water partition coefficient (Wildman–Crippen LogP) is 3.56. The van der Waals surface area contributed by atoms with Crippen LogP contribution in [0.4, 0.5) is 4.39 Å².